The van der Waals surface area contributed by atoms with Gasteiger partial charge in [0.2, 0.25) is 0 Å². The minimum Gasteiger partial charge on any atom is -0.486 e. The van der Waals surface area contributed by atoms with E-state index in [0.717, 1.165) is 12.8 Å². The zero-order valence-electron chi connectivity index (χ0n) is 15.8. The number of amides is 2. The predicted octanol–water partition coefficient (Wildman–Crippen LogP) is 2.62. The van der Waals surface area contributed by atoms with Gasteiger partial charge < -0.3 is 23.8 Å². The van der Waals surface area contributed by atoms with E-state index in [9.17, 15) is 9.59 Å². The van der Waals surface area contributed by atoms with Crippen molar-refractivity contribution in [2.45, 2.75) is 32.4 Å². The van der Waals surface area contributed by atoms with Crippen molar-refractivity contribution in [3.05, 3.63) is 47.3 Å². The van der Waals surface area contributed by atoms with Crippen molar-refractivity contribution in [2.24, 2.45) is 0 Å². The van der Waals surface area contributed by atoms with Gasteiger partial charge in [0.15, 0.2) is 5.76 Å². The van der Waals surface area contributed by atoms with Gasteiger partial charge in [-0.25, -0.2) is 4.79 Å². The number of carbonyl (C=O) groups excluding carboxylic acids is 2. The molecule has 8 nitrogen and oxygen atoms in total. The first-order valence-electron chi connectivity index (χ1n) is 9.49. The highest BCUT2D eigenvalue weighted by Gasteiger charge is 2.34. The Morgan fingerprint density at radius 1 is 1.21 bits per heavy atom. The van der Waals surface area contributed by atoms with Crippen molar-refractivity contribution < 1.29 is 23.6 Å². The van der Waals surface area contributed by atoms with Crippen LogP contribution in [0.3, 0.4) is 0 Å². The molecule has 0 bridgehead atoms. The van der Waals surface area contributed by atoms with E-state index < -0.39 is 0 Å². The maximum atomic E-state index is 13.1. The fourth-order valence-corrected chi connectivity index (χ4v) is 3.73. The number of para-hydroxylation sites is 1. The van der Waals surface area contributed by atoms with Crippen molar-refractivity contribution >= 4 is 12.0 Å². The molecule has 2 amide bonds. The third-order valence-corrected chi connectivity index (χ3v) is 5.25. The fourth-order valence-electron chi connectivity index (χ4n) is 3.73. The van der Waals surface area contributed by atoms with Gasteiger partial charge in [-0.3, -0.25) is 4.79 Å². The van der Waals surface area contributed by atoms with Crippen molar-refractivity contribution in [1.29, 1.82) is 0 Å². The summed E-state index contributed by atoms with van der Waals surface area (Å²) in [5, 5.41) is 3.96. The molecule has 1 aromatic heterocycles. The number of aryl methyl sites for hydroxylation is 1. The number of rotatable bonds is 5. The summed E-state index contributed by atoms with van der Waals surface area (Å²) in [4.78, 5) is 28.4. The van der Waals surface area contributed by atoms with Crippen LogP contribution < -0.4 is 4.74 Å². The molecule has 0 radical (unpaired) electrons. The zero-order valence-corrected chi connectivity index (χ0v) is 15.8. The monoisotopic (exact) mass is 385 g/mol. The molecule has 0 N–H and O–H groups in total. The molecule has 8 heteroatoms. The first-order valence-corrected chi connectivity index (χ1v) is 9.49. The minimum absolute atomic E-state index is 0.104. The molecule has 0 spiro atoms. The summed E-state index contributed by atoms with van der Waals surface area (Å²) in [7, 11) is 0. The average molecular weight is 385 g/mol. The molecule has 2 aromatic rings. The van der Waals surface area contributed by atoms with E-state index in [0.29, 0.717) is 49.0 Å². The van der Waals surface area contributed by atoms with Gasteiger partial charge in [-0.1, -0.05) is 23.4 Å². The van der Waals surface area contributed by atoms with E-state index >= 15 is 0 Å². The highest BCUT2D eigenvalue weighted by Crippen LogP contribution is 2.24. The third-order valence-electron chi connectivity index (χ3n) is 5.25. The van der Waals surface area contributed by atoms with Gasteiger partial charge in [-0.15, -0.1) is 0 Å². The predicted molar refractivity (Wildman–Crippen MR) is 99.0 cm³/mol. The molecule has 0 saturated carbocycles. The van der Waals surface area contributed by atoms with Gasteiger partial charge in [-0.2, -0.15) is 0 Å². The average Bonchev–Trinajstić information content (AvgIpc) is 3.32. The number of likely N-dealkylation sites (tertiary alicyclic amines) is 1. The van der Waals surface area contributed by atoms with Crippen LogP contribution in [0.1, 0.15) is 34.7 Å². The van der Waals surface area contributed by atoms with Crippen LogP contribution in [-0.2, 0) is 11.3 Å². The number of piperidine rings is 1. The fraction of sp³-hybridized carbons (Fsp3) is 0.450. The summed E-state index contributed by atoms with van der Waals surface area (Å²) in [5.74, 6) is 1.03. The number of benzene rings is 1. The standard InChI is InChI=1S/C20H23N3O5/c1-14-18(17(28-21-14)13-27-16-5-3-2-4-6-16)19(24)22-9-7-15(8-10-22)23-11-12-26-20(23)25/h2-6,15H,7-13H2,1H3. The van der Waals surface area contributed by atoms with Crippen LogP contribution in [0.4, 0.5) is 4.79 Å². The molecule has 2 saturated heterocycles. The number of cyclic esters (lactones) is 1. The second kappa shape index (κ2) is 7.92. The molecular weight excluding hydrogens is 362 g/mol. The Morgan fingerprint density at radius 3 is 2.64 bits per heavy atom. The number of hydrogen-bond donors (Lipinski definition) is 0. The molecule has 28 heavy (non-hydrogen) atoms. The van der Waals surface area contributed by atoms with Gasteiger partial charge >= 0.3 is 6.09 Å². The van der Waals surface area contributed by atoms with Crippen LogP contribution in [0, 0.1) is 6.92 Å². The lowest BCUT2D eigenvalue weighted by molar-refractivity contribution is 0.0653. The van der Waals surface area contributed by atoms with Crippen molar-refractivity contribution in [1.82, 2.24) is 15.0 Å². The Labute approximate surface area is 163 Å². The van der Waals surface area contributed by atoms with Crippen molar-refractivity contribution in [2.75, 3.05) is 26.2 Å². The van der Waals surface area contributed by atoms with Gasteiger partial charge in [0.05, 0.1) is 12.2 Å². The number of aromatic nitrogens is 1. The normalized spacial score (nSPS) is 17.7. The topological polar surface area (TPSA) is 85.1 Å². The first kappa shape index (κ1) is 18.3. The minimum atomic E-state index is -0.250. The Hall–Kier alpha value is -3.03. The Balaban J connectivity index is 1.40. The number of ether oxygens (including phenoxy) is 2. The third kappa shape index (κ3) is 3.67. The molecule has 4 rings (SSSR count). The molecule has 2 aliphatic heterocycles. The van der Waals surface area contributed by atoms with E-state index in [-0.39, 0.29) is 24.6 Å². The molecular formula is C20H23N3O5. The highest BCUT2D eigenvalue weighted by molar-refractivity contribution is 5.96. The Bertz CT molecular complexity index is 843. The molecule has 0 aliphatic carbocycles. The lowest BCUT2D eigenvalue weighted by atomic mass is 10.0. The summed E-state index contributed by atoms with van der Waals surface area (Å²) in [6, 6.07) is 9.49. The molecule has 3 heterocycles. The second-order valence-corrected chi connectivity index (χ2v) is 7.00. The highest BCUT2D eigenvalue weighted by atomic mass is 16.6. The van der Waals surface area contributed by atoms with Crippen molar-refractivity contribution in [3.8, 4) is 5.75 Å². The van der Waals surface area contributed by atoms with Crippen LogP contribution in [0.25, 0.3) is 0 Å². The number of nitrogens with zero attached hydrogens (tertiary/aromatic N) is 3. The summed E-state index contributed by atoms with van der Waals surface area (Å²) < 4.78 is 16.1. The van der Waals surface area contributed by atoms with Gasteiger partial charge in [0.1, 0.15) is 24.5 Å². The van der Waals surface area contributed by atoms with Crippen LogP contribution in [0.5, 0.6) is 5.75 Å². The summed E-state index contributed by atoms with van der Waals surface area (Å²) in [6.07, 6.45) is 1.22. The van der Waals surface area contributed by atoms with Gasteiger partial charge in [0.25, 0.3) is 5.91 Å². The Kier molecular flexibility index (Phi) is 5.18. The molecule has 2 fully saturated rings. The second-order valence-electron chi connectivity index (χ2n) is 7.00. The molecule has 2 aliphatic rings. The van der Waals surface area contributed by atoms with E-state index in [2.05, 4.69) is 5.16 Å². The summed E-state index contributed by atoms with van der Waals surface area (Å²) >= 11 is 0. The van der Waals surface area contributed by atoms with E-state index in [1.165, 1.54) is 0 Å². The largest absolute Gasteiger partial charge is 0.486 e. The van der Waals surface area contributed by atoms with E-state index in [1.807, 2.05) is 30.3 Å². The molecule has 0 unspecified atom stereocenters. The van der Waals surface area contributed by atoms with E-state index in [1.54, 1.807) is 16.7 Å². The summed E-state index contributed by atoms with van der Waals surface area (Å²) in [6.45, 7) is 4.14. The molecule has 148 valence electrons. The van der Waals surface area contributed by atoms with Crippen LogP contribution in [0.2, 0.25) is 0 Å². The first-order chi connectivity index (χ1) is 13.6. The lowest BCUT2D eigenvalue weighted by Crippen LogP contribution is -2.47. The summed E-state index contributed by atoms with van der Waals surface area (Å²) in [5.41, 5.74) is 1.02. The number of carbonyl (C=O) groups is 2. The van der Waals surface area contributed by atoms with Crippen LogP contribution in [-0.4, -0.2) is 59.2 Å². The SMILES string of the molecule is Cc1noc(COc2ccccc2)c1C(=O)N1CCC(N2CCOC2=O)CC1. The maximum Gasteiger partial charge on any atom is 0.410 e. The van der Waals surface area contributed by atoms with Gasteiger partial charge in [-0.05, 0) is 31.9 Å². The Morgan fingerprint density at radius 2 is 1.96 bits per heavy atom. The maximum absolute atomic E-state index is 13.1. The van der Waals surface area contributed by atoms with Crippen LogP contribution >= 0.6 is 0 Å². The molecule has 1 aromatic carbocycles. The van der Waals surface area contributed by atoms with Crippen molar-refractivity contribution in [3.63, 3.8) is 0 Å². The zero-order chi connectivity index (χ0) is 19.5. The quantitative estimate of drug-likeness (QED) is 0.787. The van der Waals surface area contributed by atoms with Gasteiger partial charge in [0, 0.05) is 19.1 Å². The van der Waals surface area contributed by atoms with Crippen LogP contribution in [0.15, 0.2) is 34.9 Å². The molecule has 0 atom stereocenters. The number of hydrogen-bond acceptors (Lipinski definition) is 6. The van der Waals surface area contributed by atoms with E-state index in [4.69, 9.17) is 14.0 Å². The smallest absolute Gasteiger partial charge is 0.410 e. The lowest BCUT2D eigenvalue weighted by Gasteiger charge is -2.35.